The Labute approximate surface area is 74.2 Å². The lowest BCUT2D eigenvalue weighted by Crippen LogP contribution is -2.05. The molecule has 0 heterocycles. The third-order valence-corrected chi connectivity index (χ3v) is 1.92. The second kappa shape index (κ2) is 5.98. The fourth-order valence-corrected chi connectivity index (χ4v) is 0.840. The van der Waals surface area contributed by atoms with Crippen LogP contribution in [0.1, 0.15) is 20.3 Å². The predicted molar refractivity (Wildman–Crippen MR) is 50.8 cm³/mol. The van der Waals surface area contributed by atoms with Gasteiger partial charge in [0.05, 0.1) is 6.61 Å². The molecule has 0 amide bonds. The van der Waals surface area contributed by atoms with Gasteiger partial charge in [-0.05, 0) is 20.3 Å². The maximum atomic E-state index is 8.93. The lowest BCUT2D eigenvalue weighted by molar-refractivity contribution is 0.247. The monoisotopic (exact) mass is 170 g/mol. The van der Waals surface area contributed by atoms with Gasteiger partial charge in [0.2, 0.25) is 0 Å². The van der Waals surface area contributed by atoms with Gasteiger partial charge in [-0.25, -0.2) is 0 Å². The normalized spacial score (nSPS) is 14.5. The highest BCUT2D eigenvalue weighted by atomic mass is 16.3. The summed E-state index contributed by atoms with van der Waals surface area (Å²) in [6.45, 7) is 7.77. The molecule has 2 nitrogen and oxygen atoms in total. The van der Waals surface area contributed by atoms with Crippen LogP contribution in [-0.4, -0.2) is 23.4 Å². The lowest BCUT2D eigenvalue weighted by Gasteiger charge is -2.11. The van der Waals surface area contributed by atoms with E-state index in [0.717, 1.165) is 17.6 Å². The highest BCUT2D eigenvalue weighted by molar-refractivity contribution is 5.04. The Morgan fingerprint density at radius 3 is 2.33 bits per heavy atom. The van der Waals surface area contributed by atoms with Crippen molar-refractivity contribution < 1.29 is 10.2 Å². The third-order valence-electron chi connectivity index (χ3n) is 1.92. The Morgan fingerprint density at radius 2 is 2.00 bits per heavy atom. The molecule has 1 unspecified atom stereocenters. The van der Waals surface area contributed by atoms with Crippen LogP contribution < -0.4 is 0 Å². The summed E-state index contributed by atoms with van der Waals surface area (Å²) in [6, 6.07) is 0. The van der Waals surface area contributed by atoms with Gasteiger partial charge < -0.3 is 10.2 Å². The van der Waals surface area contributed by atoms with Gasteiger partial charge in [-0.15, -0.1) is 0 Å². The van der Waals surface area contributed by atoms with Crippen molar-refractivity contribution in [3.05, 3.63) is 23.8 Å². The highest BCUT2D eigenvalue weighted by Crippen LogP contribution is 2.13. The average molecular weight is 170 g/mol. The van der Waals surface area contributed by atoms with E-state index < -0.39 is 0 Å². The maximum Gasteiger partial charge on any atom is 0.0639 e. The second-order valence-electron chi connectivity index (χ2n) is 3.17. The molecule has 0 aromatic rings. The second-order valence-corrected chi connectivity index (χ2v) is 3.17. The van der Waals surface area contributed by atoms with E-state index in [-0.39, 0.29) is 19.1 Å². The molecular weight excluding hydrogens is 152 g/mol. The van der Waals surface area contributed by atoms with Gasteiger partial charge >= 0.3 is 0 Å². The van der Waals surface area contributed by atoms with Crippen LogP contribution in [0.5, 0.6) is 0 Å². The number of hydrogen-bond donors (Lipinski definition) is 2. The Hall–Kier alpha value is -0.600. The van der Waals surface area contributed by atoms with Crippen LogP contribution >= 0.6 is 0 Å². The number of rotatable bonds is 5. The minimum Gasteiger partial charge on any atom is -0.396 e. The Bertz CT molecular complexity index is 171. The third kappa shape index (κ3) is 4.31. The summed E-state index contributed by atoms with van der Waals surface area (Å²) < 4.78 is 0. The minimum atomic E-state index is 0.0916. The van der Waals surface area contributed by atoms with Crippen molar-refractivity contribution in [2.75, 3.05) is 13.2 Å². The smallest absolute Gasteiger partial charge is 0.0639 e. The SMILES string of the molecule is C=C(C)C(CO)C/C=C(\C)CO. The lowest BCUT2D eigenvalue weighted by atomic mass is 9.98. The van der Waals surface area contributed by atoms with Crippen LogP contribution in [0.15, 0.2) is 23.8 Å². The van der Waals surface area contributed by atoms with Crippen LogP contribution in [0.25, 0.3) is 0 Å². The summed E-state index contributed by atoms with van der Waals surface area (Å²) in [5.41, 5.74) is 1.93. The van der Waals surface area contributed by atoms with Gasteiger partial charge in [0.1, 0.15) is 0 Å². The predicted octanol–water partition coefficient (Wildman–Crippen LogP) is 1.50. The molecule has 0 aliphatic heterocycles. The van der Waals surface area contributed by atoms with Crippen LogP contribution in [0.2, 0.25) is 0 Å². The molecule has 0 rings (SSSR count). The van der Waals surface area contributed by atoms with E-state index in [4.69, 9.17) is 10.2 Å². The minimum absolute atomic E-state index is 0.0916. The molecule has 2 N–H and O–H groups in total. The molecule has 0 aliphatic rings. The summed E-state index contributed by atoms with van der Waals surface area (Å²) in [6.07, 6.45) is 2.70. The quantitative estimate of drug-likeness (QED) is 0.614. The fraction of sp³-hybridized carbons (Fsp3) is 0.600. The molecule has 0 fully saturated rings. The summed E-state index contributed by atoms with van der Waals surface area (Å²) in [5.74, 6) is 0.131. The van der Waals surface area contributed by atoms with E-state index in [1.807, 2.05) is 19.9 Å². The van der Waals surface area contributed by atoms with Crippen LogP contribution in [0.3, 0.4) is 0 Å². The summed E-state index contributed by atoms with van der Waals surface area (Å²) in [7, 11) is 0. The molecule has 2 heteroatoms. The van der Waals surface area contributed by atoms with E-state index >= 15 is 0 Å². The molecule has 0 spiro atoms. The largest absolute Gasteiger partial charge is 0.396 e. The van der Waals surface area contributed by atoms with Gasteiger partial charge in [-0.1, -0.05) is 23.8 Å². The van der Waals surface area contributed by atoms with Gasteiger partial charge in [0.15, 0.2) is 0 Å². The molecule has 12 heavy (non-hydrogen) atoms. The average Bonchev–Trinajstić information content (AvgIpc) is 2.04. The first-order valence-corrected chi connectivity index (χ1v) is 4.14. The first-order valence-electron chi connectivity index (χ1n) is 4.14. The van der Waals surface area contributed by atoms with Crippen molar-refractivity contribution in [2.45, 2.75) is 20.3 Å². The van der Waals surface area contributed by atoms with Gasteiger partial charge in [0, 0.05) is 12.5 Å². The van der Waals surface area contributed by atoms with Crippen LogP contribution in [-0.2, 0) is 0 Å². The van der Waals surface area contributed by atoms with E-state index in [1.54, 1.807) is 0 Å². The van der Waals surface area contributed by atoms with Gasteiger partial charge in [0.25, 0.3) is 0 Å². The molecule has 0 radical (unpaired) electrons. The van der Waals surface area contributed by atoms with Crippen molar-refractivity contribution in [3.63, 3.8) is 0 Å². The molecule has 1 atom stereocenters. The van der Waals surface area contributed by atoms with E-state index in [0.29, 0.717) is 0 Å². The number of hydrogen-bond acceptors (Lipinski definition) is 2. The highest BCUT2D eigenvalue weighted by Gasteiger charge is 2.05. The zero-order chi connectivity index (χ0) is 9.56. The molecule has 0 saturated carbocycles. The van der Waals surface area contributed by atoms with Crippen molar-refractivity contribution in [2.24, 2.45) is 5.92 Å². The fourth-order valence-electron chi connectivity index (χ4n) is 0.840. The summed E-state index contributed by atoms with van der Waals surface area (Å²) in [4.78, 5) is 0. The van der Waals surface area contributed by atoms with Crippen LogP contribution in [0, 0.1) is 5.92 Å². The van der Waals surface area contributed by atoms with Crippen molar-refractivity contribution >= 4 is 0 Å². The molecular formula is C10H18O2. The van der Waals surface area contributed by atoms with E-state index in [9.17, 15) is 0 Å². The maximum absolute atomic E-state index is 8.93. The number of aliphatic hydroxyl groups excluding tert-OH is 2. The molecule has 0 aromatic carbocycles. The van der Waals surface area contributed by atoms with Crippen molar-refractivity contribution in [1.29, 1.82) is 0 Å². The first kappa shape index (κ1) is 11.4. The zero-order valence-electron chi connectivity index (χ0n) is 7.88. The molecule has 0 bridgehead atoms. The molecule has 70 valence electrons. The zero-order valence-corrected chi connectivity index (χ0v) is 7.88. The van der Waals surface area contributed by atoms with E-state index in [1.165, 1.54) is 0 Å². The molecule has 0 saturated heterocycles. The van der Waals surface area contributed by atoms with Crippen LogP contribution in [0.4, 0.5) is 0 Å². The number of allylic oxidation sites excluding steroid dienone is 1. The summed E-state index contributed by atoms with van der Waals surface area (Å²) >= 11 is 0. The van der Waals surface area contributed by atoms with Crippen molar-refractivity contribution in [3.8, 4) is 0 Å². The Balaban J connectivity index is 3.96. The van der Waals surface area contributed by atoms with Gasteiger partial charge in [-0.2, -0.15) is 0 Å². The van der Waals surface area contributed by atoms with Gasteiger partial charge in [-0.3, -0.25) is 0 Å². The van der Waals surface area contributed by atoms with Crippen molar-refractivity contribution in [1.82, 2.24) is 0 Å². The standard InChI is InChI=1S/C10H18O2/c1-8(2)10(7-12)5-4-9(3)6-11/h4,10-12H,1,5-7H2,2-3H3/b9-4+. The number of aliphatic hydroxyl groups is 2. The Morgan fingerprint density at radius 1 is 1.42 bits per heavy atom. The molecule has 0 aliphatic carbocycles. The first-order chi connectivity index (χ1) is 5.61. The molecule has 0 aromatic heterocycles. The topological polar surface area (TPSA) is 40.5 Å². The van der Waals surface area contributed by atoms with E-state index in [2.05, 4.69) is 6.58 Å². The summed E-state index contributed by atoms with van der Waals surface area (Å²) in [5, 5.41) is 17.6. The Kier molecular flexibility index (Phi) is 5.68.